The minimum atomic E-state index is -0.908. The van der Waals surface area contributed by atoms with Crippen LogP contribution in [0.1, 0.15) is 38.8 Å². The molecule has 1 amide bonds. The van der Waals surface area contributed by atoms with Crippen LogP contribution in [0.5, 0.6) is 11.5 Å². The zero-order valence-electron chi connectivity index (χ0n) is 13.8. The molecule has 1 aromatic carbocycles. The zero-order valence-corrected chi connectivity index (χ0v) is 13.8. The number of hydrogen-bond donors (Lipinski definition) is 2. The number of benzene rings is 1. The number of carbonyl (C=O) groups excluding carboxylic acids is 1. The molecule has 6 heteroatoms. The molecule has 0 aliphatic heterocycles. The number of carboxylic acid groups (broad SMARTS) is 1. The third kappa shape index (κ3) is 4.15. The molecule has 1 saturated carbocycles. The average Bonchev–Trinajstić information content (AvgIpc) is 3.27. The predicted molar refractivity (Wildman–Crippen MR) is 84.5 cm³/mol. The Labute approximate surface area is 135 Å². The molecule has 0 bridgehead atoms. The SMILES string of the molecule is COc1cc([C@H](C)NC(=O)[C@H]2C[C@H]2C(=O)O)ccc1OC(C)C. The number of ether oxygens (including phenoxy) is 2. The van der Waals surface area contributed by atoms with Crippen LogP contribution in [0.2, 0.25) is 0 Å². The van der Waals surface area contributed by atoms with Crippen LogP contribution in [0.25, 0.3) is 0 Å². The van der Waals surface area contributed by atoms with E-state index in [0.717, 1.165) is 5.56 Å². The van der Waals surface area contributed by atoms with Crippen molar-refractivity contribution in [1.82, 2.24) is 5.32 Å². The van der Waals surface area contributed by atoms with Crippen molar-refractivity contribution < 1.29 is 24.2 Å². The third-order valence-corrected chi connectivity index (χ3v) is 3.85. The molecule has 2 N–H and O–H groups in total. The Morgan fingerprint density at radius 2 is 1.91 bits per heavy atom. The van der Waals surface area contributed by atoms with Gasteiger partial charge in [-0.05, 0) is 44.9 Å². The lowest BCUT2D eigenvalue weighted by Gasteiger charge is -2.18. The molecule has 23 heavy (non-hydrogen) atoms. The van der Waals surface area contributed by atoms with Crippen molar-refractivity contribution in [2.24, 2.45) is 11.8 Å². The standard InChI is InChI=1S/C17H23NO5/c1-9(2)23-14-6-5-11(7-15(14)22-4)10(3)18-16(19)12-8-13(12)17(20)21/h5-7,9-10,12-13H,8H2,1-4H3,(H,18,19)(H,20,21)/t10-,12-,13+/m0/s1. The van der Waals surface area contributed by atoms with Gasteiger partial charge in [0.1, 0.15) is 0 Å². The molecule has 3 atom stereocenters. The molecular formula is C17H23NO5. The maximum atomic E-state index is 12.0. The van der Waals surface area contributed by atoms with Gasteiger partial charge < -0.3 is 19.9 Å². The topological polar surface area (TPSA) is 84.9 Å². The van der Waals surface area contributed by atoms with Gasteiger partial charge in [-0.3, -0.25) is 9.59 Å². The number of amides is 1. The fraction of sp³-hybridized carbons (Fsp3) is 0.529. The van der Waals surface area contributed by atoms with Crippen molar-refractivity contribution in [2.75, 3.05) is 7.11 Å². The summed E-state index contributed by atoms with van der Waals surface area (Å²) in [6.07, 6.45) is 0.452. The van der Waals surface area contributed by atoms with Gasteiger partial charge in [0.15, 0.2) is 11.5 Å². The maximum Gasteiger partial charge on any atom is 0.307 e. The summed E-state index contributed by atoms with van der Waals surface area (Å²) in [4.78, 5) is 22.9. The number of carboxylic acids is 1. The molecule has 0 saturated heterocycles. The lowest BCUT2D eigenvalue weighted by molar-refractivity contribution is -0.140. The normalized spacial score (nSPS) is 20.7. The van der Waals surface area contributed by atoms with Gasteiger partial charge in [-0.25, -0.2) is 0 Å². The van der Waals surface area contributed by atoms with Gasteiger partial charge in [0.2, 0.25) is 5.91 Å². The Balaban J connectivity index is 2.03. The van der Waals surface area contributed by atoms with Crippen molar-refractivity contribution in [2.45, 2.75) is 39.3 Å². The Hall–Kier alpha value is -2.24. The Morgan fingerprint density at radius 1 is 1.22 bits per heavy atom. The highest BCUT2D eigenvalue weighted by molar-refractivity contribution is 5.89. The molecule has 126 valence electrons. The lowest BCUT2D eigenvalue weighted by atomic mass is 10.1. The zero-order chi connectivity index (χ0) is 17.1. The summed E-state index contributed by atoms with van der Waals surface area (Å²) in [5.41, 5.74) is 0.874. The summed E-state index contributed by atoms with van der Waals surface area (Å²) in [6, 6.07) is 5.27. The van der Waals surface area contributed by atoms with E-state index in [4.69, 9.17) is 14.6 Å². The third-order valence-electron chi connectivity index (χ3n) is 3.85. The van der Waals surface area contributed by atoms with Gasteiger partial charge in [-0.15, -0.1) is 0 Å². The second-order valence-electron chi connectivity index (χ2n) is 6.09. The van der Waals surface area contributed by atoms with Gasteiger partial charge in [0, 0.05) is 0 Å². The summed E-state index contributed by atoms with van der Waals surface area (Å²) >= 11 is 0. The van der Waals surface area contributed by atoms with Crippen molar-refractivity contribution >= 4 is 11.9 Å². The van der Waals surface area contributed by atoms with Gasteiger partial charge >= 0.3 is 5.97 Å². The Morgan fingerprint density at radius 3 is 2.43 bits per heavy atom. The molecule has 1 fully saturated rings. The first-order valence-electron chi connectivity index (χ1n) is 7.71. The Kier molecular flexibility index (Phi) is 5.13. The van der Waals surface area contributed by atoms with Crippen LogP contribution in [0, 0.1) is 11.8 Å². The summed E-state index contributed by atoms with van der Waals surface area (Å²) in [6.45, 7) is 5.73. The van der Waals surface area contributed by atoms with Crippen LogP contribution in [0.4, 0.5) is 0 Å². The predicted octanol–water partition coefficient (Wildman–Crippen LogP) is 2.38. The first kappa shape index (κ1) is 17.1. The summed E-state index contributed by atoms with van der Waals surface area (Å²) in [5.74, 6) is -0.829. The first-order valence-corrected chi connectivity index (χ1v) is 7.71. The molecule has 6 nitrogen and oxygen atoms in total. The quantitative estimate of drug-likeness (QED) is 0.805. The number of aliphatic carboxylic acids is 1. The van der Waals surface area contributed by atoms with Crippen LogP contribution in [-0.4, -0.2) is 30.2 Å². The molecular weight excluding hydrogens is 298 g/mol. The van der Waals surface area contributed by atoms with Crippen molar-refractivity contribution in [3.63, 3.8) is 0 Å². The minimum absolute atomic E-state index is 0.0368. The molecule has 0 spiro atoms. The molecule has 0 heterocycles. The maximum absolute atomic E-state index is 12.0. The van der Waals surface area contributed by atoms with E-state index in [1.54, 1.807) is 7.11 Å². The van der Waals surface area contributed by atoms with Crippen LogP contribution in [-0.2, 0) is 9.59 Å². The van der Waals surface area contributed by atoms with E-state index in [-0.39, 0.29) is 18.1 Å². The highest BCUT2D eigenvalue weighted by Gasteiger charge is 2.48. The number of carbonyl (C=O) groups is 2. The lowest BCUT2D eigenvalue weighted by Crippen LogP contribution is -2.29. The van der Waals surface area contributed by atoms with E-state index in [1.807, 2.05) is 39.0 Å². The van der Waals surface area contributed by atoms with Gasteiger partial charge in [-0.2, -0.15) is 0 Å². The van der Waals surface area contributed by atoms with Crippen molar-refractivity contribution in [3.05, 3.63) is 23.8 Å². The van der Waals surface area contributed by atoms with Crippen LogP contribution < -0.4 is 14.8 Å². The van der Waals surface area contributed by atoms with E-state index in [9.17, 15) is 9.59 Å². The largest absolute Gasteiger partial charge is 0.493 e. The van der Waals surface area contributed by atoms with E-state index in [2.05, 4.69) is 5.32 Å². The van der Waals surface area contributed by atoms with Crippen molar-refractivity contribution in [1.29, 1.82) is 0 Å². The van der Waals surface area contributed by atoms with Gasteiger partial charge in [0.25, 0.3) is 0 Å². The molecule has 2 rings (SSSR count). The smallest absolute Gasteiger partial charge is 0.307 e. The monoisotopic (exact) mass is 321 g/mol. The highest BCUT2D eigenvalue weighted by Crippen LogP contribution is 2.39. The van der Waals surface area contributed by atoms with Gasteiger partial charge in [0.05, 0.1) is 31.1 Å². The minimum Gasteiger partial charge on any atom is -0.493 e. The first-order chi connectivity index (χ1) is 10.8. The fourth-order valence-electron chi connectivity index (χ4n) is 2.47. The van der Waals surface area contributed by atoms with E-state index < -0.39 is 17.8 Å². The highest BCUT2D eigenvalue weighted by atomic mass is 16.5. The summed E-state index contributed by atoms with van der Waals surface area (Å²) < 4.78 is 11.0. The molecule has 0 aromatic heterocycles. The summed E-state index contributed by atoms with van der Waals surface area (Å²) in [7, 11) is 1.57. The van der Waals surface area contributed by atoms with E-state index in [1.165, 1.54) is 0 Å². The second-order valence-corrected chi connectivity index (χ2v) is 6.09. The number of rotatable bonds is 7. The average molecular weight is 321 g/mol. The molecule has 1 aliphatic rings. The number of nitrogens with one attached hydrogen (secondary N) is 1. The Bertz CT molecular complexity index is 599. The van der Waals surface area contributed by atoms with Crippen molar-refractivity contribution in [3.8, 4) is 11.5 Å². The number of methoxy groups -OCH3 is 1. The molecule has 0 radical (unpaired) electrons. The fourth-order valence-corrected chi connectivity index (χ4v) is 2.47. The molecule has 1 aromatic rings. The van der Waals surface area contributed by atoms with Crippen LogP contribution in [0.15, 0.2) is 18.2 Å². The summed E-state index contributed by atoms with van der Waals surface area (Å²) in [5, 5.41) is 11.7. The second kappa shape index (κ2) is 6.89. The van der Waals surface area contributed by atoms with Crippen LogP contribution in [0.3, 0.4) is 0 Å². The van der Waals surface area contributed by atoms with E-state index >= 15 is 0 Å². The van der Waals surface area contributed by atoms with Crippen LogP contribution >= 0.6 is 0 Å². The number of hydrogen-bond acceptors (Lipinski definition) is 4. The molecule has 1 aliphatic carbocycles. The van der Waals surface area contributed by atoms with E-state index in [0.29, 0.717) is 17.9 Å². The van der Waals surface area contributed by atoms with Gasteiger partial charge in [-0.1, -0.05) is 6.07 Å². The molecule has 0 unspecified atom stereocenters.